The molecule has 1 aliphatic rings. The molecule has 116 valence electrons. The summed E-state index contributed by atoms with van der Waals surface area (Å²) < 4.78 is 22.0. The van der Waals surface area contributed by atoms with Crippen LogP contribution in [0.3, 0.4) is 0 Å². The van der Waals surface area contributed by atoms with Gasteiger partial charge in [-0.05, 0) is 24.3 Å². The van der Waals surface area contributed by atoms with Gasteiger partial charge in [-0.3, -0.25) is 0 Å². The summed E-state index contributed by atoms with van der Waals surface area (Å²) in [7, 11) is 0. The van der Waals surface area contributed by atoms with Gasteiger partial charge in [0.2, 0.25) is 6.10 Å². The maximum atomic E-state index is 12.1. The summed E-state index contributed by atoms with van der Waals surface area (Å²) in [6.07, 6.45) is -0.769. The number of benzene rings is 2. The lowest BCUT2D eigenvalue weighted by molar-refractivity contribution is -0.156. The van der Waals surface area contributed by atoms with E-state index in [9.17, 15) is 4.79 Å². The van der Waals surface area contributed by atoms with Crippen molar-refractivity contribution in [1.82, 2.24) is 0 Å². The average Bonchev–Trinajstić information content (AvgIpc) is 3.02. The number of hydrogen-bond acceptors (Lipinski definition) is 5. The first-order chi connectivity index (χ1) is 11.3. The second-order valence-corrected chi connectivity index (χ2v) is 5.22. The smallest absolute Gasteiger partial charge is 0.351 e. The first-order valence-electron chi connectivity index (χ1n) is 7.32. The second-order valence-electron chi connectivity index (χ2n) is 5.22. The highest BCUT2D eigenvalue weighted by Gasteiger charge is 2.28. The summed E-state index contributed by atoms with van der Waals surface area (Å²) in [5.41, 5.74) is 0.768. The number of carbonyl (C=O) groups excluding carboxylic acids is 1. The maximum absolute atomic E-state index is 12.1. The highest BCUT2D eigenvalue weighted by Crippen LogP contribution is 2.31. The quantitative estimate of drug-likeness (QED) is 0.695. The normalized spacial score (nSPS) is 16.3. The first kappa shape index (κ1) is 13.7. The fourth-order valence-electron chi connectivity index (χ4n) is 2.48. The van der Waals surface area contributed by atoms with Crippen LogP contribution in [0, 0.1) is 0 Å². The highest BCUT2D eigenvalue weighted by atomic mass is 16.6. The standard InChI is InChI=1S/C18H14O5/c19-18(17-11-20-15-7-3-4-8-16(15)23-17)21-10-13-9-12-5-1-2-6-14(12)22-13/h1-9,17H,10-11H2. The van der Waals surface area contributed by atoms with Crippen LogP contribution in [-0.4, -0.2) is 18.7 Å². The molecule has 1 aromatic heterocycles. The van der Waals surface area contributed by atoms with E-state index in [0.717, 1.165) is 11.0 Å². The minimum absolute atomic E-state index is 0.0645. The topological polar surface area (TPSA) is 57.9 Å². The molecule has 0 fully saturated rings. The fraction of sp³-hybridized carbons (Fsp3) is 0.167. The fourth-order valence-corrected chi connectivity index (χ4v) is 2.48. The Hall–Kier alpha value is -2.95. The van der Waals surface area contributed by atoms with E-state index in [1.807, 2.05) is 42.5 Å². The molecular weight excluding hydrogens is 296 g/mol. The van der Waals surface area contributed by atoms with E-state index < -0.39 is 12.1 Å². The summed E-state index contributed by atoms with van der Waals surface area (Å²) >= 11 is 0. The molecule has 0 spiro atoms. The van der Waals surface area contributed by atoms with Crippen LogP contribution in [0.4, 0.5) is 0 Å². The van der Waals surface area contributed by atoms with Crippen LogP contribution in [0.5, 0.6) is 11.5 Å². The van der Waals surface area contributed by atoms with Crippen LogP contribution in [0.1, 0.15) is 5.76 Å². The third-order valence-electron chi connectivity index (χ3n) is 3.60. The molecule has 0 radical (unpaired) electrons. The minimum Gasteiger partial charge on any atom is -0.485 e. The molecule has 0 amide bonds. The van der Waals surface area contributed by atoms with Gasteiger partial charge in [-0.1, -0.05) is 30.3 Å². The van der Waals surface area contributed by atoms with Crippen molar-refractivity contribution in [1.29, 1.82) is 0 Å². The van der Waals surface area contributed by atoms with E-state index in [4.69, 9.17) is 18.6 Å². The van der Waals surface area contributed by atoms with Crippen molar-refractivity contribution in [2.75, 3.05) is 6.61 Å². The van der Waals surface area contributed by atoms with Gasteiger partial charge in [-0.2, -0.15) is 0 Å². The molecule has 0 N–H and O–H groups in total. The Morgan fingerprint density at radius 1 is 1.09 bits per heavy atom. The summed E-state index contributed by atoms with van der Waals surface area (Å²) in [6, 6.07) is 16.7. The summed E-state index contributed by atoms with van der Waals surface area (Å²) in [5.74, 6) is 1.30. The molecule has 23 heavy (non-hydrogen) atoms. The lowest BCUT2D eigenvalue weighted by Gasteiger charge is -2.24. The van der Waals surface area contributed by atoms with Crippen molar-refractivity contribution in [3.8, 4) is 11.5 Å². The largest absolute Gasteiger partial charge is 0.485 e. The molecule has 0 bridgehead atoms. The van der Waals surface area contributed by atoms with Crippen LogP contribution in [0.15, 0.2) is 59.0 Å². The maximum Gasteiger partial charge on any atom is 0.351 e. The van der Waals surface area contributed by atoms with E-state index in [0.29, 0.717) is 17.3 Å². The SMILES string of the molecule is O=C(OCc1cc2ccccc2o1)C1COc2ccccc2O1. The van der Waals surface area contributed by atoms with Crippen molar-refractivity contribution < 1.29 is 23.4 Å². The molecule has 3 aromatic rings. The zero-order chi connectivity index (χ0) is 15.6. The number of para-hydroxylation sites is 3. The van der Waals surface area contributed by atoms with Gasteiger partial charge in [0.05, 0.1) is 0 Å². The molecule has 1 unspecified atom stereocenters. The summed E-state index contributed by atoms with van der Waals surface area (Å²) in [4.78, 5) is 12.1. The number of furan rings is 1. The molecule has 2 heterocycles. The number of hydrogen-bond donors (Lipinski definition) is 0. The third-order valence-corrected chi connectivity index (χ3v) is 3.60. The van der Waals surface area contributed by atoms with Crippen molar-refractivity contribution in [2.45, 2.75) is 12.7 Å². The first-order valence-corrected chi connectivity index (χ1v) is 7.32. The van der Waals surface area contributed by atoms with Crippen molar-refractivity contribution in [3.05, 3.63) is 60.4 Å². The highest BCUT2D eigenvalue weighted by molar-refractivity contribution is 5.78. The Labute approximate surface area is 132 Å². The zero-order valence-electron chi connectivity index (χ0n) is 12.2. The van der Waals surface area contributed by atoms with Gasteiger partial charge >= 0.3 is 5.97 Å². The van der Waals surface area contributed by atoms with Gasteiger partial charge in [-0.15, -0.1) is 0 Å². The molecule has 5 nitrogen and oxygen atoms in total. The van der Waals surface area contributed by atoms with Crippen LogP contribution in [0.2, 0.25) is 0 Å². The third kappa shape index (κ3) is 2.73. The van der Waals surface area contributed by atoms with Crippen molar-refractivity contribution >= 4 is 16.9 Å². The van der Waals surface area contributed by atoms with Gasteiger partial charge < -0.3 is 18.6 Å². The van der Waals surface area contributed by atoms with Crippen LogP contribution < -0.4 is 9.47 Å². The van der Waals surface area contributed by atoms with E-state index in [2.05, 4.69) is 0 Å². The van der Waals surface area contributed by atoms with E-state index in [1.54, 1.807) is 12.1 Å². The van der Waals surface area contributed by atoms with Gasteiger partial charge in [0, 0.05) is 5.39 Å². The summed E-state index contributed by atoms with van der Waals surface area (Å²) in [5, 5.41) is 0.977. The molecule has 0 saturated heterocycles. The lowest BCUT2D eigenvalue weighted by atomic mass is 10.2. The Morgan fingerprint density at radius 3 is 2.74 bits per heavy atom. The predicted molar refractivity (Wildman–Crippen MR) is 82.4 cm³/mol. The van der Waals surface area contributed by atoms with Gasteiger partial charge in [-0.25, -0.2) is 4.79 Å². The Morgan fingerprint density at radius 2 is 1.87 bits per heavy atom. The Kier molecular flexibility index (Phi) is 3.38. The number of carbonyl (C=O) groups is 1. The van der Waals surface area contributed by atoms with Gasteiger partial charge in [0.15, 0.2) is 11.5 Å². The van der Waals surface area contributed by atoms with Crippen LogP contribution in [0.25, 0.3) is 11.0 Å². The van der Waals surface area contributed by atoms with Crippen molar-refractivity contribution in [3.63, 3.8) is 0 Å². The molecule has 1 aliphatic heterocycles. The molecule has 1 atom stereocenters. The molecule has 4 rings (SSSR count). The average molecular weight is 310 g/mol. The Bertz CT molecular complexity index is 818. The van der Waals surface area contributed by atoms with E-state index in [-0.39, 0.29) is 13.2 Å². The van der Waals surface area contributed by atoms with E-state index in [1.165, 1.54) is 0 Å². The Balaban J connectivity index is 1.40. The molecular formula is C18H14O5. The second kappa shape index (κ2) is 5.68. The summed E-state index contributed by atoms with van der Waals surface area (Å²) in [6.45, 7) is 0.199. The zero-order valence-corrected chi connectivity index (χ0v) is 12.2. The molecule has 5 heteroatoms. The van der Waals surface area contributed by atoms with Crippen molar-refractivity contribution in [2.24, 2.45) is 0 Å². The number of ether oxygens (including phenoxy) is 3. The monoisotopic (exact) mass is 310 g/mol. The predicted octanol–water partition coefficient (Wildman–Crippen LogP) is 3.32. The number of rotatable bonds is 3. The molecule has 2 aromatic carbocycles. The number of esters is 1. The van der Waals surface area contributed by atoms with Crippen LogP contribution in [-0.2, 0) is 16.1 Å². The molecule has 0 aliphatic carbocycles. The minimum atomic E-state index is -0.769. The van der Waals surface area contributed by atoms with Gasteiger partial charge in [0.1, 0.15) is 24.6 Å². The lowest BCUT2D eigenvalue weighted by Crippen LogP contribution is -2.37. The number of fused-ring (bicyclic) bond motifs is 2. The van der Waals surface area contributed by atoms with Gasteiger partial charge in [0.25, 0.3) is 0 Å². The molecule has 0 saturated carbocycles. The van der Waals surface area contributed by atoms with Crippen LogP contribution >= 0.6 is 0 Å². The van der Waals surface area contributed by atoms with E-state index >= 15 is 0 Å².